The molecule has 0 saturated heterocycles. The fourth-order valence-corrected chi connectivity index (χ4v) is 0.750. The molecule has 68 valence electrons. The minimum atomic E-state index is 0.167. The minimum Gasteiger partial charge on any atom is -0.336 e. The molecule has 0 aromatic heterocycles. The zero-order valence-corrected chi connectivity index (χ0v) is 8.53. The van der Waals surface area contributed by atoms with Crippen LogP contribution in [0.5, 0.6) is 0 Å². The predicted octanol–water partition coefficient (Wildman–Crippen LogP) is 0.526. The lowest BCUT2D eigenvalue weighted by Crippen LogP contribution is -3.11. The monoisotopic (exact) mass is 160 g/mol. The van der Waals surface area contributed by atoms with Crippen LogP contribution in [0, 0.1) is 0 Å². The predicted molar refractivity (Wildman–Crippen MR) is 48.9 cm³/mol. The maximum atomic E-state index is 9.44. The Bertz CT molecular complexity index is 78.1. The lowest BCUT2D eigenvalue weighted by molar-refractivity contribution is -0.894. The molecule has 0 fully saturated rings. The lowest BCUT2D eigenvalue weighted by atomic mass is 10.5. The normalized spacial score (nSPS) is 8.91. The first-order chi connectivity index (χ1) is 5.08. The van der Waals surface area contributed by atoms with E-state index in [1.54, 1.807) is 4.90 Å². The van der Waals surface area contributed by atoms with Gasteiger partial charge in [-0.15, -0.1) is 0 Å². The van der Waals surface area contributed by atoms with Crippen LogP contribution in [0.15, 0.2) is 0 Å². The Morgan fingerprint density at radius 1 is 1.00 bits per heavy atom. The number of nitrogens with one attached hydrogen (secondary N) is 1. The molecular weight excluding hydrogens is 138 g/mol. The van der Waals surface area contributed by atoms with Crippen LogP contribution < -0.4 is 4.90 Å². The maximum Gasteiger partial charge on any atom is 0.126 e. The van der Waals surface area contributed by atoms with Crippen LogP contribution in [0.4, 0.5) is 0 Å². The van der Waals surface area contributed by atoms with Crippen LogP contribution in [0.25, 0.3) is 0 Å². The summed E-state index contributed by atoms with van der Waals surface area (Å²) in [5, 5.41) is 0. The Kier molecular flexibility index (Phi) is 11.6. The summed E-state index contributed by atoms with van der Waals surface area (Å²) in [5.41, 5.74) is 0. The minimum absolute atomic E-state index is 0.167. The van der Waals surface area contributed by atoms with E-state index in [4.69, 9.17) is 0 Å². The van der Waals surface area contributed by atoms with Crippen molar-refractivity contribution in [1.82, 2.24) is 0 Å². The summed E-state index contributed by atoms with van der Waals surface area (Å²) in [6, 6.07) is 0. The number of ketones is 1. The topological polar surface area (TPSA) is 21.5 Å². The van der Waals surface area contributed by atoms with Gasteiger partial charge in [0.2, 0.25) is 0 Å². The van der Waals surface area contributed by atoms with E-state index < -0.39 is 0 Å². The molecule has 0 spiro atoms. The Balaban J connectivity index is 0. The van der Waals surface area contributed by atoms with Crippen LogP contribution in [0.3, 0.4) is 0 Å². The van der Waals surface area contributed by atoms with Gasteiger partial charge in [-0.05, 0) is 34.6 Å². The quantitative estimate of drug-likeness (QED) is 0.639. The molecular formula is C9H22NO+. The highest BCUT2D eigenvalue weighted by Crippen LogP contribution is 1.50. The third-order valence-electron chi connectivity index (χ3n) is 1.50. The number of carbonyl (C=O) groups is 1. The molecule has 0 radical (unpaired) electrons. The second kappa shape index (κ2) is 9.63. The number of rotatable bonds is 3. The fraction of sp³-hybridized carbons (Fsp3) is 0.889. The van der Waals surface area contributed by atoms with Crippen molar-refractivity contribution in [3.8, 4) is 0 Å². The SMILES string of the molecule is CC(C)=O.CC[NH+](CC)CC. The first-order valence-electron chi connectivity index (χ1n) is 4.39. The van der Waals surface area contributed by atoms with E-state index >= 15 is 0 Å². The van der Waals surface area contributed by atoms with E-state index in [0.717, 1.165) is 0 Å². The van der Waals surface area contributed by atoms with E-state index in [9.17, 15) is 4.79 Å². The van der Waals surface area contributed by atoms with Gasteiger partial charge in [0.25, 0.3) is 0 Å². The van der Waals surface area contributed by atoms with Gasteiger partial charge in [0.15, 0.2) is 0 Å². The Hall–Kier alpha value is -0.370. The molecule has 1 N–H and O–H groups in total. The van der Waals surface area contributed by atoms with Crippen molar-refractivity contribution in [2.24, 2.45) is 0 Å². The van der Waals surface area contributed by atoms with Crippen molar-refractivity contribution in [2.75, 3.05) is 19.6 Å². The average molecular weight is 160 g/mol. The summed E-state index contributed by atoms with van der Waals surface area (Å²) in [6.45, 7) is 13.5. The third kappa shape index (κ3) is 17.7. The van der Waals surface area contributed by atoms with Crippen LogP contribution in [0.1, 0.15) is 34.6 Å². The number of quaternary nitrogens is 1. The largest absolute Gasteiger partial charge is 0.336 e. The van der Waals surface area contributed by atoms with Crippen LogP contribution in [-0.4, -0.2) is 25.4 Å². The van der Waals surface area contributed by atoms with E-state index in [-0.39, 0.29) is 5.78 Å². The molecule has 0 unspecified atom stereocenters. The molecule has 0 atom stereocenters. The summed E-state index contributed by atoms with van der Waals surface area (Å²) in [6.07, 6.45) is 0. The molecule has 0 bridgehead atoms. The second-order valence-corrected chi connectivity index (χ2v) is 2.72. The molecule has 0 saturated carbocycles. The molecule has 0 rings (SSSR count). The van der Waals surface area contributed by atoms with Crippen molar-refractivity contribution >= 4 is 5.78 Å². The smallest absolute Gasteiger partial charge is 0.126 e. The number of carbonyl (C=O) groups excluding carboxylic acids is 1. The molecule has 2 heteroatoms. The van der Waals surface area contributed by atoms with Gasteiger partial charge in [0.05, 0.1) is 19.6 Å². The van der Waals surface area contributed by atoms with Gasteiger partial charge in [0, 0.05) is 0 Å². The molecule has 0 amide bonds. The van der Waals surface area contributed by atoms with Gasteiger partial charge in [-0.25, -0.2) is 0 Å². The van der Waals surface area contributed by atoms with E-state index in [0.29, 0.717) is 0 Å². The molecule has 0 heterocycles. The number of hydrogen-bond acceptors (Lipinski definition) is 1. The summed E-state index contributed by atoms with van der Waals surface area (Å²) < 4.78 is 0. The van der Waals surface area contributed by atoms with Gasteiger partial charge in [0.1, 0.15) is 5.78 Å². The first kappa shape index (κ1) is 13.2. The van der Waals surface area contributed by atoms with Crippen LogP contribution in [-0.2, 0) is 4.79 Å². The number of Topliss-reactive ketones (excluding diaryl/α,β-unsaturated/α-hetero) is 1. The molecule has 2 nitrogen and oxygen atoms in total. The summed E-state index contributed by atoms with van der Waals surface area (Å²) in [4.78, 5) is 11.1. The van der Waals surface area contributed by atoms with E-state index in [2.05, 4.69) is 20.8 Å². The second-order valence-electron chi connectivity index (χ2n) is 2.72. The molecule has 0 aliphatic carbocycles. The summed E-state index contributed by atoms with van der Waals surface area (Å²) in [7, 11) is 0. The lowest BCUT2D eigenvalue weighted by Gasteiger charge is -2.10. The van der Waals surface area contributed by atoms with Crippen molar-refractivity contribution in [3.63, 3.8) is 0 Å². The highest BCUT2D eigenvalue weighted by molar-refractivity contribution is 5.72. The fourth-order valence-electron chi connectivity index (χ4n) is 0.750. The van der Waals surface area contributed by atoms with Crippen molar-refractivity contribution < 1.29 is 9.69 Å². The highest BCUT2D eigenvalue weighted by atomic mass is 16.1. The van der Waals surface area contributed by atoms with Gasteiger partial charge < -0.3 is 9.69 Å². The van der Waals surface area contributed by atoms with Gasteiger partial charge in [-0.2, -0.15) is 0 Å². The Labute approximate surface area is 70.6 Å². The average Bonchev–Trinajstić information content (AvgIpc) is 1.90. The zero-order chi connectivity index (χ0) is 9.28. The van der Waals surface area contributed by atoms with E-state index in [1.165, 1.54) is 33.5 Å². The molecule has 0 aromatic carbocycles. The molecule has 0 aliphatic rings. The molecule has 0 aliphatic heterocycles. The van der Waals surface area contributed by atoms with Crippen molar-refractivity contribution in [1.29, 1.82) is 0 Å². The highest BCUT2D eigenvalue weighted by Gasteiger charge is 1.92. The third-order valence-corrected chi connectivity index (χ3v) is 1.50. The summed E-state index contributed by atoms with van der Waals surface area (Å²) in [5.74, 6) is 0.167. The maximum absolute atomic E-state index is 9.44. The van der Waals surface area contributed by atoms with Gasteiger partial charge in [-0.3, -0.25) is 0 Å². The van der Waals surface area contributed by atoms with Gasteiger partial charge >= 0.3 is 0 Å². The van der Waals surface area contributed by atoms with Crippen molar-refractivity contribution in [2.45, 2.75) is 34.6 Å². The summed E-state index contributed by atoms with van der Waals surface area (Å²) >= 11 is 0. The van der Waals surface area contributed by atoms with Gasteiger partial charge in [-0.1, -0.05) is 0 Å². The van der Waals surface area contributed by atoms with Crippen LogP contribution in [0.2, 0.25) is 0 Å². The molecule has 11 heavy (non-hydrogen) atoms. The Morgan fingerprint density at radius 2 is 1.18 bits per heavy atom. The standard InChI is InChI=1S/C6H15N.C3H6O/c1-4-7(5-2)6-3;1-3(2)4/h4-6H2,1-3H3;1-2H3/p+1. The Morgan fingerprint density at radius 3 is 1.18 bits per heavy atom. The molecule has 0 aromatic rings. The van der Waals surface area contributed by atoms with E-state index in [1.807, 2.05) is 0 Å². The number of hydrogen-bond donors (Lipinski definition) is 1. The van der Waals surface area contributed by atoms with Crippen molar-refractivity contribution in [3.05, 3.63) is 0 Å². The van der Waals surface area contributed by atoms with Crippen LogP contribution >= 0.6 is 0 Å². The zero-order valence-electron chi connectivity index (χ0n) is 8.53. The first-order valence-corrected chi connectivity index (χ1v) is 4.39.